The molecule has 4 heteroatoms. The van der Waals surface area contributed by atoms with Crippen molar-refractivity contribution < 1.29 is 34.1 Å². The van der Waals surface area contributed by atoms with E-state index in [1.165, 1.54) is 51.9 Å². The van der Waals surface area contributed by atoms with Crippen molar-refractivity contribution >= 4 is 0 Å². The van der Waals surface area contributed by atoms with E-state index in [9.17, 15) is 0 Å². The van der Waals surface area contributed by atoms with Gasteiger partial charge in [-0.1, -0.05) is 0 Å². The van der Waals surface area contributed by atoms with Crippen molar-refractivity contribution in [3.63, 3.8) is 0 Å². The van der Waals surface area contributed by atoms with Gasteiger partial charge in [-0.15, -0.1) is 0 Å². The Morgan fingerprint density at radius 2 is 0.885 bits per heavy atom. The van der Waals surface area contributed by atoms with Crippen molar-refractivity contribution in [2.45, 2.75) is 25.7 Å². The number of piperidine rings is 2. The molecule has 0 aromatic heterocycles. The summed E-state index contributed by atoms with van der Waals surface area (Å²) in [5.41, 5.74) is 0. The molecule has 0 atom stereocenters. The van der Waals surface area contributed by atoms with Crippen LogP contribution in [-0.2, 0) is 21.7 Å². The second-order valence-corrected chi connectivity index (χ2v) is 7.59. The van der Waals surface area contributed by atoms with E-state index < -0.39 is 0 Å². The summed E-state index contributed by atoms with van der Waals surface area (Å²) >= 11 is 0. The first-order valence-electron chi connectivity index (χ1n) is 9.52. The monoisotopic (exact) mass is 407 g/mol. The van der Waals surface area contributed by atoms with Gasteiger partial charge in [-0.25, -0.2) is 0 Å². The van der Waals surface area contributed by atoms with Crippen molar-refractivity contribution in [3.05, 3.63) is 63.2 Å². The summed E-state index contributed by atoms with van der Waals surface area (Å²) in [7, 11) is 4.42. The maximum Gasteiger partial charge on any atom is 4.00 e. The second kappa shape index (κ2) is 13.2. The van der Waals surface area contributed by atoms with Crippen LogP contribution < -0.4 is 12.4 Å². The van der Waals surface area contributed by atoms with Gasteiger partial charge in [0, 0.05) is 0 Å². The minimum Gasteiger partial charge on any atom is -1.00 e. The summed E-state index contributed by atoms with van der Waals surface area (Å²) in [6, 6.07) is 0. The molecule has 10 radical (unpaired) electrons. The van der Waals surface area contributed by atoms with E-state index in [2.05, 4.69) is 75.3 Å². The van der Waals surface area contributed by atoms with Gasteiger partial charge in [-0.3, -0.25) is 0 Å². The Bertz CT molecular complexity index is 306. The molecule has 2 aliphatic heterocycles. The number of rotatable bonds is 2. The topological polar surface area (TPSA) is 6.48 Å². The first-order valence-corrected chi connectivity index (χ1v) is 9.52. The maximum atomic E-state index is 2.42. The molecule has 0 spiro atoms. The number of hydrogen-bond acceptors (Lipinski definition) is 2. The summed E-state index contributed by atoms with van der Waals surface area (Å²) in [4.78, 5) is 4.83. The fourth-order valence-electron chi connectivity index (χ4n) is 4.01. The predicted octanol–water partition coefficient (Wildman–Crippen LogP) is 0.468. The molecule has 138 valence electrons. The third-order valence-corrected chi connectivity index (χ3v) is 5.76. The van der Waals surface area contributed by atoms with Gasteiger partial charge in [0.05, 0.1) is 0 Å². The predicted molar refractivity (Wildman–Crippen MR) is 101 cm³/mol. The molecule has 0 aromatic carbocycles. The Balaban J connectivity index is 0.000000241. The fraction of sp³-hybridized carbons (Fsp3) is 0.545. The van der Waals surface area contributed by atoms with Crippen LogP contribution in [0.15, 0.2) is 0 Å². The Morgan fingerprint density at radius 3 is 1.15 bits per heavy atom. The van der Waals surface area contributed by atoms with E-state index in [4.69, 9.17) is 0 Å². The van der Waals surface area contributed by atoms with Gasteiger partial charge in [0.15, 0.2) is 0 Å². The minimum atomic E-state index is 0. The average molecular weight is 408 g/mol. The molecule has 0 N–H and O–H groups in total. The van der Waals surface area contributed by atoms with Crippen LogP contribution in [0, 0.1) is 75.0 Å². The quantitative estimate of drug-likeness (QED) is 0.614. The van der Waals surface area contributed by atoms with Gasteiger partial charge in [-0.05, 0) is 141 Å². The molecule has 2 saturated carbocycles. The molecule has 2 aliphatic carbocycles. The maximum absolute atomic E-state index is 2.42. The molecular formula is C22H32ClN2Ti+3. The van der Waals surface area contributed by atoms with Crippen LogP contribution in [0.4, 0.5) is 0 Å². The van der Waals surface area contributed by atoms with Crippen molar-refractivity contribution in [1.29, 1.82) is 0 Å². The number of nitrogens with zero attached hydrogens (tertiary/aromatic N) is 2. The van der Waals surface area contributed by atoms with Crippen LogP contribution in [0.2, 0.25) is 0 Å². The van der Waals surface area contributed by atoms with Gasteiger partial charge in [0.2, 0.25) is 0 Å². The standard InChI is InChI=1S/2C11H16N.ClH.Ti/c2*1-12-8-6-11(7-9-12)10-4-2-3-5-10;;/h2*2-5,11H,6-9H2,1H3;1H;/q;;;+4/p-1. The van der Waals surface area contributed by atoms with Gasteiger partial charge in [0.1, 0.15) is 0 Å². The average Bonchev–Trinajstić information content (AvgIpc) is 3.31. The molecule has 0 aromatic rings. The second-order valence-electron chi connectivity index (χ2n) is 7.59. The Morgan fingerprint density at radius 1 is 0.615 bits per heavy atom. The fourth-order valence-corrected chi connectivity index (χ4v) is 4.01. The molecule has 26 heavy (non-hydrogen) atoms. The molecule has 0 bridgehead atoms. The number of hydrogen-bond donors (Lipinski definition) is 0. The summed E-state index contributed by atoms with van der Waals surface area (Å²) in [5, 5.41) is 0. The molecular weight excluding hydrogens is 376 g/mol. The summed E-state index contributed by atoms with van der Waals surface area (Å²) in [6.45, 7) is 5.04. The van der Waals surface area contributed by atoms with Crippen molar-refractivity contribution in [2.75, 3.05) is 40.3 Å². The molecule has 2 nitrogen and oxygen atoms in total. The van der Waals surface area contributed by atoms with Gasteiger partial charge < -0.3 is 22.2 Å². The SMILES string of the molecule is CN1CCC([C]2[CH][CH][CH][CH]2)CC1.CN1CCC([C]2[CH][CH][CH][CH]2)CC1.[Cl-].[Ti+4]. The normalized spacial score (nSPS) is 27.5. The van der Waals surface area contributed by atoms with Crippen LogP contribution in [0.5, 0.6) is 0 Å². The molecule has 2 heterocycles. The Labute approximate surface area is 184 Å². The van der Waals surface area contributed by atoms with E-state index in [0.717, 1.165) is 11.8 Å². The van der Waals surface area contributed by atoms with E-state index in [-0.39, 0.29) is 34.1 Å². The molecule has 4 fully saturated rings. The first kappa shape index (κ1) is 25.0. The molecule has 2 saturated heterocycles. The van der Waals surface area contributed by atoms with Crippen LogP contribution >= 0.6 is 0 Å². The number of likely N-dealkylation sites (tertiary alicyclic amines) is 2. The van der Waals surface area contributed by atoms with Crippen LogP contribution in [0.25, 0.3) is 0 Å². The van der Waals surface area contributed by atoms with Crippen molar-refractivity contribution in [1.82, 2.24) is 9.80 Å². The smallest absolute Gasteiger partial charge is 1.00 e. The molecule has 4 aliphatic rings. The third kappa shape index (κ3) is 7.74. The zero-order valence-corrected chi connectivity index (χ0v) is 18.5. The van der Waals surface area contributed by atoms with E-state index >= 15 is 0 Å². The van der Waals surface area contributed by atoms with Crippen molar-refractivity contribution in [2.24, 2.45) is 11.8 Å². The van der Waals surface area contributed by atoms with E-state index in [1.807, 2.05) is 0 Å². The summed E-state index contributed by atoms with van der Waals surface area (Å²) in [6.07, 6.45) is 23.0. The summed E-state index contributed by atoms with van der Waals surface area (Å²) in [5.74, 6) is 4.75. The van der Waals surface area contributed by atoms with E-state index in [0.29, 0.717) is 0 Å². The van der Waals surface area contributed by atoms with Crippen LogP contribution in [-0.4, -0.2) is 50.1 Å². The van der Waals surface area contributed by atoms with E-state index in [1.54, 1.807) is 11.8 Å². The largest absolute Gasteiger partial charge is 4.00 e. The van der Waals surface area contributed by atoms with Crippen LogP contribution in [0.3, 0.4) is 0 Å². The van der Waals surface area contributed by atoms with Gasteiger partial charge in [-0.2, -0.15) is 0 Å². The Hall–Kier alpha value is 0.924. The zero-order chi connectivity index (χ0) is 16.8. The van der Waals surface area contributed by atoms with Crippen molar-refractivity contribution in [3.8, 4) is 0 Å². The minimum absolute atomic E-state index is 0. The number of halogens is 1. The molecule has 0 unspecified atom stereocenters. The Kier molecular flexibility index (Phi) is 12.7. The third-order valence-electron chi connectivity index (χ3n) is 5.76. The zero-order valence-electron chi connectivity index (χ0n) is 16.2. The molecule has 4 rings (SSSR count). The summed E-state index contributed by atoms with van der Waals surface area (Å²) < 4.78 is 0. The molecule has 0 amide bonds. The van der Waals surface area contributed by atoms with Gasteiger partial charge >= 0.3 is 21.7 Å². The van der Waals surface area contributed by atoms with Crippen LogP contribution in [0.1, 0.15) is 25.7 Å². The van der Waals surface area contributed by atoms with Gasteiger partial charge in [0.25, 0.3) is 0 Å². The first-order chi connectivity index (χ1) is 11.7.